The Morgan fingerprint density at radius 1 is 1.56 bits per heavy atom. The number of nitrogens with zero attached hydrogens (tertiary/aromatic N) is 2. The highest BCUT2D eigenvalue weighted by Crippen LogP contribution is 2.47. The van der Waals surface area contributed by atoms with Crippen LogP contribution in [0.2, 0.25) is 0 Å². The molecule has 1 aromatic heterocycles. The minimum absolute atomic E-state index is 0.561. The molecule has 0 spiro atoms. The Morgan fingerprint density at radius 2 is 2.50 bits per heavy atom. The van der Waals surface area contributed by atoms with E-state index < -0.39 is 0 Å². The smallest absolute Gasteiger partial charge is 0.0951 e. The molecule has 16 heavy (non-hydrogen) atoms. The minimum atomic E-state index is 0.561. The van der Waals surface area contributed by atoms with Crippen LogP contribution in [0.1, 0.15) is 56.8 Å². The van der Waals surface area contributed by atoms with Crippen LogP contribution in [0.25, 0.3) is 0 Å². The number of nitrogens with one attached hydrogen (secondary N) is 1. The van der Waals surface area contributed by atoms with E-state index in [0.717, 1.165) is 12.0 Å². The van der Waals surface area contributed by atoms with E-state index in [-0.39, 0.29) is 0 Å². The zero-order valence-corrected chi connectivity index (χ0v) is 10.0. The lowest BCUT2D eigenvalue weighted by Gasteiger charge is -2.13. The maximum absolute atomic E-state index is 4.35. The van der Waals surface area contributed by atoms with Gasteiger partial charge in [-0.1, -0.05) is 13.3 Å². The van der Waals surface area contributed by atoms with E-state index in [0.29, 0.717) is 6.04 Å². The molecule has 88 valence electrons. The van der Waals surface area contributed by atoms with Crippen LogP contribution in [0.15, 0.2) is 12.5 Å². The summed E-state index contributed by atoms with van der Waals surface area (Å²) in [6.07, 6.45) is 10.7. The standard InChI is InChI=1S/C13H21N3/c1-2-4-10-7-12(10)16-9-14-8-13(16)11-5-3-6-15-11/h8-12,15H,2-7H2,1H3/t10?,11-,12?/m0/s1. The summed E-state index contributed by atoms with van der Waals surface area (Å²) in [5.74, 6) is 0.916. The van der Waals surface area contributed by atoms with E-state index in [4.69, 9.17) is 0 Å². The summed E-state index contributed by atoms with van der Waals surface area (Å²) in [5, 5.41) is 3.57. The van der Waals surface area contributed by atoms with Gasteiger partial charge in [-0.05, 0) is 38.1 Å². The van der Waals surface area contributed by atoms with Crippen molar-refractivity contribution in [2.24, 2.45) is 5.92 Å². The number of rotatable bonds is 4. The summed E-state index contributed by atoms with van der Waals surface area (Å²) in [6, 6.07) is 1.31. The molecule has 1 aliphatic heterocycles. The molecule has 3 atom stereocenters. The van der Waals surface area contributed by atoms with Gasteiger partial charge in [0.2, 0.25) is 0 Å². The van der Waals surface area contributed by atoms with Crippen LogP contribution in [0, 0.1) is 5.92 Å². The molecule has 3 heteroatoms. The van der Waals surface area contributed by atoms with Gasteiger partial charge in [0.25, 0.3) is 0 Å². The minimum Gasteiger partial charge on any atom is -0.330 e. The molecule has 2 fully saturated rings. The van der Waals surface area contributed by atoms with Crippen LogP contribution in [-0.4, -0.2) is 16.1 Å². The van der Waals surface area contributed by atoms with E-state index in [1.54, 1.807) is 0 Å². The summed E-state index contributed by atoms with van der Waals surface area (Å²) in [5.41, 5.74) is 1.42. The first-order chi connectivity index (χ1) is 7.90. The maximum atomic E-state index is 4.35. The van der Waals surface area contributed by atoms with Crippen molar-refractivity contribution in [1.29, 1.82) is 0 Å². The Hall–Kier alpha value is -0.830. The van der Waals surface area contributed by atoms with Gasteiger partial charge in [0, 0.05) is 18.3 Å². The lowest BCUT2D eigenvalue weighted by Crippen LogP contribution is -2.16. The second-order valence-corrected chi connectivity index (χ2v) is 5.23. The van der Waals surface area contributed by atoms with Crippen LogP contribution in [0.3, 0.4) is 0 Å². The molecular formula is C13H21N3. The summed E-state index contributed by atoms with van der Waals surface area (Å²) in [7, 11) is 0. The highest BCUT2D eigenvalue weighted by atomic mass is 15.1. The van der Waals surface area contributed by atoms with Crippen molar-refractivity contribution < 1.29 is 0 Å². The van der Waals surface area contributed by atoms with E-state index >= 15 is 0 Å². The average molecular weight is 219 g/mol. The summed E-state index contributed by atoms with van der Waals surface area (Å²) in [4.78, 5) is 4.35. The number of hydrogen-bond acceptors (Lipinski definition) is 2. The zero-order valence-electron chi connectivity index (χ0n) is 10.0. The SMILES string of the molecule is CCCC1CC1n1cncc1[C@@H]1CCCN1. The molecule has 0 radical (unpaired) electrons. The van der Waals surface area contributed by atoms with Crippen molar-refractivity contribution in [2.75, 3.05) is 6.54 Å². The molecule has 1 saturated heterocycles. The first-order valence-corrected chi connectivity index (χ1v) is 6.65. The van der Waals surface area contributed by atoms with Crippen molar-refractivity contribution in [3.05, 3.63) is 18.2 Å². The van der Waals surface area contributed by atoms with Gasteiger partial charge in [-0.3, -0.25) is 0 Å². The predicted molar refractivity (Wildman–Crippen MR) is 64.3 cm³/mol. The first-order valence-electron chi connectivity index (χ1n) is 6.65. The van der Waals surface area contributed by atoms with Crippen molar-refractivity contribution in [1.82, 2.24) is 14.9 Å². The number of hydrogen-bond donors (Lipinski definition) is 1. The molecule has 1 aliphatic carbocycles. The topological polar surface area (TPSA) is 29.9 Å². The Morgan fingerprint density at radius 3 is 3.25 bits per heavy atom. The van der Waals surface area contributed by atoms with E-state index in [2.05, 4.69) is 28.0 Å². The Balaban J connectivity index is 1.73. The molecule has 0 bridgehead atoms. The Bertz CT molecular complexity index is 352. The lowest BCUT2D eigenvalue weighted by molar-refractivity contribution is 0.540. The first kappa shape index (κ1) is 10.3. The third kappa shape index (κ3) is 1.77. The lowest BCUT2D eigenvalue weighted by atomic mass is 10.1. The molecule has 2 heterocycles. The van der Waals surface area contributed by atoms with Crippen LogP contribution in [0.5, 0.6) is 0 Å². The molecule has 0 amide bonds. The van der Waals surface area contributed by atoms with Crippen LogP contribution < -0.4 is 5.32 Å². The van der Waals surface area contributed by atoms with Gasteiger partial charge in [0.05, 0.1) is 12.0 Å². The summed E-state index contributed by atoms with van der Waals surface area (Å²) >= 11 is 0. The highest BCUT2D eigenvalue weighted by molar-refractivity contribution is 5.11. The molecule has 2 aliphatic rings. The van der Waals surface area contributed by atoms with Gasteiger partial charge in [-0.15, -0.1) is 0 Å². The Labute approximate surface area is 97.3 Å². The number of aromatic nitrogens is 2. The fourth-order valence-electron chi connectivity index (χ4n) is 3.05. The van der Waals surface area contributed by atoms with Gasteiger partial charge in [-0.2, -0.15) is 0 Å². The van der Waals surface area contributed by atoms with Crippen LogP contribution in [0.4, 0.5) is 0 Å². The van der Waals surface area contributed by atoms with Gasteiger partial charge >= 0.3 is 0 Å². The van der Waals surface area contributed by atoms with Gasteiger partial charge in [-0.25, -0.2) is 4.98 Å². The molecule has 1 N–H and O–H groups in total. The van der Waals surface area contributed by atoms with Crippen molar-refractivity contribution in [3.63, 3.8) is 0 Å². The van der Waals surface area contributed by atoms with Crippen molar-refractivity contribution in [3.8, 4) is 0 Å². The average Bonchev–Trinajstić information content (AvgIpc) is 2.76. The van der Waals surface area contributed by atoms with Gasteiger partial charge < -0.3 is 9.88 Å². The van der Waals surface area contributed by atoms with Gasteiger partial charge in [0.15, 0.2) is 0 Å². The van der Waals surface area contributed by atoms with E-state index in [9.17, 15) is 0 Å². The second-order valence-electron chi connectivity index (χ2n) is 5.23. The third-order valence-corrected chi connectivity index (χ3v) is 4.02. The van der Waals surface area contributed by atoms with E-state index in [1.807, 2.05) is 6.33 Å². The molecule has 2 unspecified atom stereocenters. The zero-order chi connectivity index (χ0) is 11.0. The fraction of sp³-hybridized carbons (Fsp3) is 0.769. The number of imidazole rings is 1. The molecule has 3 nitrogen and oxygen atoms in total. The largest absolute Gasteiger partial charge is 0.330 e. The van der Waals surface area contributed by atoms with Crippen molar-refractivity contribution >= 4 is 0 Å². The van der Waals surface area contributed by atoms with Crippen molar-refractivity contribution in [2.45, 2.75) is 51.1 Å². The quantitative estimate of drug-likeness (QED) is 0.843. The molecule has 0 aromatic carbocycles. The predicted octanol–water partition coefficient (Wildman–Crippen LogP) is 2.67. The maximum Gasteiger partial charge on any atom is 0.0951 e. The monoisotopic (exact) mass is 219 g/mol. The normalized spacial score (nSPS) is 33.2. The second kappa shape index (κ2) is 4.21. The molecule has 1 aromatic rings. The third-order valence-electron chi connectivity index (χ3n) is 4.02. The fourth-order valence-corrected chi connectivity index (χ4v) is 3.05. The molecular weight excluding hydrogens is 198 g/mol. The summed E-state index contributed by atoms with van der Waals surface area (Å²) in [6.45, 7) is 3.45. The Kier molecular flexibility index (Phi) is 2.72. The summed E-state index contributed by atoms with van der Waals surface area (Å²) < 4.78 is 2.43. The van der Waals surface area contributed by atoms with E-state index in [1.165, 1.54) is 44.3 Å². The molecule has 1 saturated carbocycles. The van der Waals surface area contributed by atoms with Crippen LogP contribution >= 0.6 is 0 Å². The molecule has 3 rings (SSSR count). The van der Waals surface area contributed by atoms with Gasteiger partial charge in [0.1, 0.15) is 0 Å². The van der Waals surface area contributed by atoms with Crippen LogP contribution in [-0.2, 0) is 0 Å². The highest BCUT2D eigenvalue weighted by Gasteiger charge is 2.39.